The van der Waals surface area contributed by atoms with E-state index in [4.69, 9.17) is 10.5 Å². The monoisotopic (exact) mass is 407 g/mol. The minimum Gasteiger partial charge on any atom is -0.370 e. The molecule has 1 aromatic carbocycles. The minimum atomic E-state index is -0.581. The van der Waals surface area contributed by atoms with Crippen molar-refractivity contribution in [1.29, 1.82) is 0 Å². The second kappa shape index (κ2) is 7.69. The number of nitrogens with two attached hydrogens (primary N) is 1. The molecule has 28 heavy (non-hydrogen) atoms. The van der Waals surface area contributed by atoms with Gasteiger partial charge in [-0.1, -0.05) is 17.5 Å². The van der Waals surface area contributed by atoms with E-state index in [2.05, 4.69) is 9.21 Å². The maximum absolute atomic E-state index is 14.1. The number of hydrogen-bond donors (Lipinski definition) is 1. The van der Waals surface area contributed by atoms with Crippen molar-refractivity contribution < 1.29 is 13.5 Å². The Balaban J connectivity index is 1.20. The van der Waals surface area contributed by atoms with Gasteiger partial charge in [-0.3, -0.25) is 4.90 Å². The van der Waals surface area contributed by atoms with Crippen LogP contribution in [0.1, 0.15) is 37.4 Å². The molecule has 3 atom stereocenters. The topological polar surface area (TPSA) is 41.7 Å². The maximum atomic E-state index is 14.1. The first-order valence-corrected chi connectivity index (χ1v) is 11.1. The molecular formula is C21H27F2N3OS. The van der Waals surface area contributed by atoms with Gasteiger partial charge in [0.05, 0.1) is 6.61 Å². The summed E-state index contributed by atoms with van der Waals surface area (Å²) in [7, 11) is 0. The van der Waals surface area contributed by atoms with E-state index in [0.717, 1.165) is 56.4 Å². The maximum Gasteiger partial charge on any atom is 0.129 e. The molecule has 1 aromatic rings. The van der Waals surface area contributed by atoms with Crippen LogP contribution in [0.2, 0.25) is 0 Å². The van der Waals surface area contributed by atoms with Gasteiger partial charge in [-0.2, -0.15) is 0 Å². The third kappa shape index (κ3) is 3.87. The van der Waals surface area contributed by atoms with Crippen molar-refractivity contribution in [3.8, 4) is 0 Å². The summed E-state index contributed by atoms with van der Waals surface area (Å²) in [5.41, 5.74) is 9.73. The van der Waals surface area contributed by atoms with Crippen LogP contribution < -0.4 is 5.73 Å². The number of nitrogens with zero attached hydrogens (tertiary/aromatic N) is 2. The predicted octanol–water partition coefficient (Wildman–Crippen LogP) is 3.25. The molecule has 3 heterocycles. The van der Waals surface area contributed by atoms with E-state index in [1.54, 1.807) is 11.1 Å². The molecule has 3 unspecified atom stereocenters. The standard InChI is InChI=1S/C21H27F2N3OS/c22-15-1-4-19(23)18(7-15)21-20(24)8-16(12-27-21)25-9-13-5-6-26(11-14(13)10-25)28-17-2-3-17/h1,4,7,16-17,20-21H,2-3,5-6,8-12,24H2. The number of benzene rings is 1. The first-order valence-electron chi connectivity index (χ1n) is 10.2. The second-order valence-electron chi connectivity index (χ2n) is 8.50. The van der Waals surface area contributed by atoms with Crippen LogP contribution in [-0.2, 0) is 4.74 Å². The Morgan fingerprint density at radius 1 is 1.11 bits per heavy atom. The lowest BCUT2D eigenvalue weighted by molar-refractivity contribution is -0.0465. The normalized spacial score (nSPS) is 32.0. The third-order valence-electron chi connectivity index (χ3n) is 6.32. The van der Waals surface area contributed by atoms with Crippen LogP contribution in [0.5, 0.6) is 0 Å². The van der Waals surface area contributed by atoms with E-state index < -0.39 is 17.7 Å². The Morgan fingerprint density at radius 2 is 1.93 bits per heavy atom. The smallest absolute Gasteiger partial charge is 0.129 e. The Bertz CT molecular complexity index is 785. The lowest BCUT2D eigenvalue weighted by atomic mass is 9.93. The Labute approximate surface area is 169 Å². The molecule has 0 aromatic heterocycles. The van der Waals surface area contributed by atoms with Crippen LogP contribution in [0.25, 0.3) is 0 Å². The Morgan fingerprint density at radius 3 is 2.71 bits per heavy atom. The van der Waals surface area contributed by atoms with Gasteiger partial charge in [0.15, 0.2) is 0 Å². The van der Waals surface area contributed by atoms with E-state index in [1.807, 2.05) is 11.9 Å². The van der Waals surface area contributed by atoms with E-state index >= 15 is 0 Å². The highest BCUT2D eigenvalue weighted by molar-refractivity contribution is 7.97. The molecule has 5 rings (SSSR count). The summed E-state index contributed by atoms with van der Waals surface area (Å²) in [6, 6.07) is 3.38. The van der Waals surface area contributed by atoms with Crippen molar-refractivity contribution >= 4 is 11.9 Å². The van der Waals surface area contributed by atoms with Gasteiger partial charge >= 0.3 is 0 Å². The molecule has 4 aliphatic rings. The largest absolute Gasteiger partial charge is 0.370 e. The summed E-state index contributed by atoms with van der Waals surface area (Å²) < 4.78 is 36.2. The van der Waals surface area contributed by atoms with E-state index in [9.17, 15) is 8.78 Å². The van der Waals surface area contributed by atoms with Gasteiger partial charge in [-0.15, -0.1) is 0 Å². The van der Waals surface area contributed by atoms with Crippen LogP contribution in [-0.4, -0.2) is 59.3 Å². The van der Waals surface area contributed by atoms with E-state index in [1.165, 1.54) is 18.9 Å². The summed E-state index contributed by atoms with van der Waals surface area (Å²) in [5.74, 6) is -0.911. The second-order valence-corrected chi connectivity index (χ2v) is 9.90. The molecule has 0 spiro atoms. The van der Waals surface area contributed by atoms with Crippen LogP contribution in [0, 0.1) is 11.6 Å². The highest BCUT2D eigenvalue weighted by Crippen LogP contribution is 2.40. The molecule has 2 N–H and O–H groups in total. The third-order valence-corrected chi connectivity index (χ3v) is 7.70. The average molecular weight is 408 g/mol. The number of hydrogen-bond acceptors (Lipinski definition) is 5. The first kappa shape index (κ1) is 19.0. The molecule has 0 radical (unpaired) electrons. The van der Waals surface area contributed by atoms with Crippen LogP contribution in [0.15, 0.2) is 29.3 Å². The summed E-state index contributed by atoms with van der Waals surface area (Å²) in [6.07, 6.45) is 4.04. The molecular weight excluding hydrogens is 380 g/mol. The van der Waals surface area contributed by atoms with E-state index in [0.29, 0.717) is 6.61 Å². The first-order chi connectivity index (χ1) is 13.6. The average Bonchev–Trinajstić information content (AvgIpc) is 3.39. The fourth-order valence-electron chi connectivity index (χ4n) is 4.62. The SMILES string of the molecule is NC1CC(N2CC3=C(CN(SC4CC4)CC3)C2)COC1c1cc(F)ccc1F. The number of ether oxygens (including phenoxy) is 1. The fourth-order valence-corrected chi connectivity index (χ4v) is 5.82. The Kier molecular flexibility index (Phi) is 5.22. The van der Waals surface area contributed by atoms with Crippen molar-refractivity contribution in [3.05, 3.63) is 46.5 Å². The van der Waals surface area contributed by atoms with Crippen LogP contribution in [0.3, 0.4) is 0 Å². The van der Waals surface area contributed by atoms with Crippen LogP contribution in [0.4, 0.5) is 8.78 Å². The van der Waals surface area contributed by atoms with Crippen molar-refractivity contribution in [2.24, 2.45) is 5.73 Å². The molecule has 0 bridgehead atoms. The van der Waals surface area contributed by atoms with Gasteiger partial charge in [-0.05, 0) is 49.5 Å². The molecule has 2 fully saturated rings. The van der Waals surface area contributed by atoms with Gasteiger partial charge in [0, 0.05) is 49.1 Å². The molecule has 1 saturated heterocycles. The molecule has 0 amide bonds. The van der Waals surface area contributed by atoms with Gasteiger partial charge in [-0.25, -0.2) is 13.1 Å². The van der Waals surface area contributed by atoms with Gasteiger partial charge in [0.25, 0.3) is 0 Å². The lowest BCUT2D eigenvalue weighted by Crippen LogP contribution is -2.49. The van der Waals surface area contributed by atoms with Crippen molar-refractivity contribution in [2.45, 2.75) is 49.1 Å². The highest BCUT2D eigenvalue weighted by atomic mass is 32.2. The predicted molar refractivity (Wildman–Crippen MR) is 107 cm³/mol. The van der Waals surface area contributed by atoms with E-state index in [-0.39, 0.29) is 17.6 Å². The molecule has 1 aliphatic carbocycles. The van der Waals surface area contributed by atoms with Gasteiger partial charge in [0.2, 0.25) is 0 Å². The molecule has 1 saturated carbocycles. The summed E-state index contributed by atoms with van der Waals surface area (Å²) >= 11 is 2.04. The summed E-state index contributed by atoms with van der Waals surface area (Å²) in [4.78, 5) is 2.47. The zero-order valence-corrected chi connectivity index (χ0v) is 16.8. The molecule has 4 nitrogen and oxygen atoms in total. The zero-order chi connectivity index (χ0) is 19.3. The van der Waals surface area contributed by atoms with Gasteiger partial charge in [0.1, 0.15) is 17.7 Å². The molecule has 7 heteroatoms. The van der Waals surface area contributed by atoms with Crippen LogP contribution >= 0.6 is 11.9 Å². The summed E-state index contributed by atoms with van der Waals surface area (Å²) in [6.45, 7) is 4.71. The zero-order valence-electron chi connectivity index (χ0n) is 15.9. The fraction of sp³-hybridized carbons (Fsp3) is 0.619. The number of rotatable bonds is 4. The van der Waals surface area contributed by atoms with Crippen molar-refractivity contribution in [3.63, 3.8) is 0 Å². The van der Waals surface area contributed by atoms with Crippen molar-refractivity contribution in [2.75, 3.05) is 32.8 Å². The summed E-state index contributed by atoms with van der Waals surface area (Å²) in [5, 5.41) is 0.851. The quantitative estimate of drug-likeness (QED) is 0.613. The van der Waals surface area contributed by atoms with Crippen molar-refractivity contribution in [1.82, 2.24) is 9.21 Å². The molecule has 3 aliphatic heterocycles. The Hall–Kier alpha value is -0.990. The minimum absolute atomic E-state index is 0.234. The lowest BCUT2D eigenvalue weighted by Gasteiger charge is -2.39. The molecule has 152 valence electrons. The van der Waals surface area contributed by atoms with Gasteiger partial charge < -0.3 is 10.5 Å². The number of halogens is 2. The highest BCUT2D eigenvalue weighted by Gasteiger charge is 2.38.